The zero-order valence-electron chi connectivity index (χ0n) is 16.5. The Morgan fingerprint density at radius 3 is 2.57 bits per heavy atom. The van der Waals surface area contributed by atoms with Gasteiger partial charge in [0.2, 0.25) is 0 Å². The first-order valence-corrected chi connectivity index (χ1v) is 10.2. The van der Waals surface area contributed by atoms with E-state index in [1.165, 1.54) is 39.8 Å². The maximum absolute atomic E-state index is 13.1. The van der Waals surface area contributed by atoms with Gasteiger partial charge in [0, 0.05) is 11.8 Å². The average Bonchev–Trinajstić information content (AvgIpc) is 3.54. The third-order valence-corrected chi connectivity index (χ3v) is 6.28. The summed E-state index contributed by atoms with van der Waals surface area (Å²) in [6.07, 6.45) is 8.97. The van der Waals surface area contributed by atoms with Crippen LogP contribution in [0.2, 0.25) is 0 Å². The van der Waals surface area contributed by atoms with Gasteiger partial charge in [-0.25, -0.2) is 4.98 Å². The van der Waals surface area contributed by atoms with Crippen LogP contribution >= 0.6 is 0 Å². The Morgan fingerprint density at radius 1 is 1.00 bits per heavy atom. The van der Waals surface area contributed by atoms with Gasteiger partial charge in [0.15, 0.2) is 5.82 Å². The van der Waals surface area contributed by atoms with E-state index in [1.54, 1.807) is 0 Å². The van der Waals surface area contributed by atoms with E-state index in [4.69, 9.17) is 0 Å². The van der Waals surface area contributed by atoms with Crippen LogP contribution in [0, 0.1) is 13.8 Å². The van der Waals surface area contributed by atoms with E-state index in [-0.39, 0.29) is 5.56 Å². The second-order valence-electron chi connectivity index (χ2n) is 8.39. The lowest BCUT2D eigenvalue weighted by Crippen LogP contribution is -2.30. The summed E-state index contributed by atoms with van der Waals surface area (Å²) in [6.45, 7) is 4.32. The molecule has 2 heterocycles. The fourth-order valence-corrected chi connectivity index (χ4v) is 4.55. The molecule has 2 aliphatic rings. The number of pyridine rings is 1. The van der Waals surface area contributed by atoms with Gasteiger partial charge in [-0.15, -0.1) is 0 Å². The standard InChI is InChI=1S/C24H25N3O/c1-15-3-8-21(16(2)11-15)18-6-9-22-20(12-18)14-26-27(24(22)28)23-10-7-19(13-25-23)17-4-5-17/h3,7-8,10-11,13-14,17-18H,4-6,9,12H2,1-2H3. The topological polar surface area (TPSA) is 47.8 Å². The summed E-state index contributed by atoms with van der Waals surface area (Å²) in [6, 6.07) is 10.7. The molecule has 0 N–H and O–H groups in total. The van der Waals surface area contributed by atoms with E-state index < -0.39 is 0 Å². The number of aryl methyl sites for hydroxylation is 2. The van der Waals surface area contributed by atoms with Crippen LogP contribution in [-0.2, 0) is 12.8 Å². The van der Waals surface area contributed by atoms with Crippen molar-refractivity contribution in [2.75, 3.05) is 0 Å². The third kappa shape index (κ3) is 3.07. The van der Waals surface area contributed by atoms with Crippen molar-refractivity contribution in [1.29, 1.82) is 0 Å². The molecule has 1 fully saturated rings. The summed E-state index contributed by atoms with van der Waals surface area (Å²) in [5.41, 5.74) is 7.29. The Balaban J connectivity index is 1.44. The second-order valence-corrected chi connectivity index (χ2v) is 8.39. The highest BCUT2D eigenvalue weighted by atomic mass is 16.1. The Morgan fingerprint density at radius 2 is 1.86 bits per heavy atom. The lowest BCUT2D eigenvalue weighted by molar-refractivity contribution is 0.565. The maximum Gasteiger partial charge on any atom is 0.276 e. The molecule has 2 aromatic heterocycles. The molecule has 0 spiro atoms. The number of hydrogen-bond donors (Lipinski definition) is 0. The fourth-order valence-electron chi connectivity index (χ4n) is 4.55. The van der Waals surface area contributed by atoms with Gasteiger partial charge in [-0.1, -0.05) is 29.8 Å². The first-order valence-electron chi connectivity index (χ1n) is 10.2. The van der Waals surface area contributed by atoms with Crippen molar-refractivity contribution in [2.45, 2.75) is 57.8 Å². The molecule has 1 saturated carbocycles. The Kier molecular flexibility index (Phi) is 4.15. The monoisotopic (exact) mass is 371 g/mol. The van der Waals surface area contributed by atoms with Crippen molar-refractivity contribution in [3.05, 3.63) is 86.5 Å². The fraction of sp³-hybridized carbons (Fsp3) is 0.375. The minimum atomic E-state index is -0.0109. The number of fused-ring (bicyclic) bond motifs is 1. The van der Waals surface area contributed by atoms with Gasteiger partial charge >= 0.3 is 0 Å². The van der Waals surface area contributed by atoms with Crippen molar-refractivity contribution in [2.24, 2.45) is 0 Å². The third-order valence-electron chi connectivity index (χ3n) is 6.28. The minimum absolute atomic E-state index is 0.0109. The lowest BCUT2D eigenvalue weighted by atomic mass is 9.79. The lowest BCUT2D eigenvalue weighted by Gasteiger charge is -2.26. The molecule has 1 atom stereocenters. The predicted molar refractivity (Wildman–Crippen MR) is 110 cm³/mol. The maximum atomic E-state index is 13.1. The zero-order chi connectivity index (χ0) is 19.3. The van der Waals surface area contributed by atoms with Crippen molar-refractivity contribution >= 4 is 0 Å². The van der Waals surface area contributed by atoms with Crippen LogP contribution in [0.15, 0.2) is 47.5 Å². The smallest absolute Gasteiger partial charge is 0.267 e. The van der Waals surface area contributed by atoms with Crippen LogP contribution in [-0.4, -0.2) is 14.8 Å². The van der Waals surface area contributed by atoms with Gasteiger partial charge in [0.05, 0.1) is 6.20 Å². The van der Waals surface area contributed by atoms with Crippen molar-refractivity contribution < 1.29 is 0 Å². The van der Waals surface area contributed by atoms with Gasteiger partial charge in [0.25, 0.3) is 5.56 Å². The minimum Gasteiger partial charge on any atom is -0.267 e. The molecule has 28 heavy (non-hydrogen) atoms. The Bertz CT molecular complexity index is 1090. The number of benzene rings is 1. The molecule has 0 saturated heterocycles. The molecule has 2 aliphatic carbocycles. The largest absolute Gasteiger partial charge is 0.276 e. The summed E-state index contributed by atoms with van der Waals surface area (Å²) in [7, 11) is 0. The molecule has 4 heteroatoms. The SMILES string of the molecule is Cc1ccc(C2CCc3c(cnn(-c4ccc(C5CC5)cn4)c3=O)C2)c(C)c1. The second kappa shape index (κ2) is 6.69. The van der Waals surface area contributed by atoms with Gasteiger partial charge < -0.3 is 0 Å². The summed E-state index contributed by atoms with van der Waals surface area (Å²) in [5.74, 6) is 1.74. The van der Waals surface area contributed by atoms with Gasteiger partial charge in [0.1, 0.15) is 0 Å². The highest BCUT2D eigenvalue weighted by Gasteiger charge is 2.26. The van der Waals surface area contributed by atoms with Gasteiger partial charge in [-0.2, -0.15) is 9.78 Å². The van der Waals surface area contributed by atoms with Crippen LogP contribution in [0.3, 0.4) is 0 Å². The van der Waals surface area contributed by atoms with Crippen LogP contribution in [0.4, 0.5) is 0 Å². The summed E-state index contributed by atoms with van der Waals surface area (Å²) in [5, 5.41) is 4.46. The number of rotatable bonds is 3. The zero-order valence-corrected chi connectivity index (χ0v) is 16.5. The highest BCUT2D eigenvalue weighted by Crippen LogP contribution is 2.39. The van der Waals surface area contributed by atoms with E-state index in [2.05, 4.69) is 48.2 Å². The molecule has 0 aliphatic heterocycles. The van der Waals surface area contributed by atoms with Crippen molar-refractivity contribution in [3.63, 3.8) is 0 Å². The number of nitrogens with zero attached hydrogens (tertiary/aromatic N) is 3. The molecule has 0 radical (unpaired) electrons. The molecule has 3 aromatic rings. The van der Waals surface area contributed by atoms with Crippen LogP contribution < -0.4 is 5.56 Å². The van der Waals surface area contributed by atoms with Crippen LogP contribution in [0.25, 0.3) is 5.82 Å². The molecule has 0 bridgehead atoms. The highest BCUT2D eigenvalue weighted by molar-refractivity contribution is 5.38. The first kappa shape index (κ1) is 17.4. The van der Waals surface area contributed by atoms with Crippen molar-refractivity contribution in [1.82, 2.24) is 14.8 Å². The molecule has 1 aromatic carbocycles. The molecule has 4 nitrogen and oxygen atoms in total. The van der Waals surface area contributed by atoms with Crippen LogP contribution in [0.1, 0.15) is 64.5 Å². The number of hydrogen-bond acceptors (Lipinski definition) is 3. The van der Waals surface area contributed by atoms with Gasteiger partial charge in [-0.3, -0.25) is 4.79 Å². The molecule has 0 amide bonds. The predicted octanol–water partition coefficient (Wildman–Crippen LogP) is 4.39. The molecule has 142 valence electrons. The number of aromatic nitrogens is 3. The quantitative estimate of drug-likeness (QED) is 0.686. The van der Waals surface area contributed by atoms with E-state index >= 15 is 0 Å². The molecule has 5 rings (SSSR count). The van der Waals surface area contributed by atoms with Gasteiger partial charge in [-0.05, 0) is 86.1 Å². The first-order chi connectivity index (χ1) is 13.6. The molecule has 1 unspecified atom stereocenters. The summed E-state index contributed by atoms with van der Waals surface area (Å²) in [4.78, 5) is 17.6. The Hall–Kier alpha value is -2.75. The van der Waals surface area contributed by atoms with Crippen LogP contribution in [0.5, 0.6) is 0 Å². The average molecular weight is 371 g/mol. The summed E-state index contributed by atoms with van der Waals surface area (Å²) < 4.78 is 1.47. The molecular weight excluding hydrogens is 346 g/mol. The molecular formula is C24H25N3O. The summed E-state index contributed by atoms with van der Waals surface area (Å²) >= 11 is 0. The normalized spacial score (nSPS) is 18.7. The van der Waals surface area contributed by atoms with E-state index in [0.29, 0.717) is 17.7 Å². The van der Waals surface area contributed by atoms with Crippen molar-refractivity contribution in [3.8, 4) is 5.82 Å². The van der Waals surface area contributed by atoms with E-state index in [1.807, 2.05) is 18.5 Å². The van der Waals surface area contributed by atoms with E-state index in [9.17, 15) is 4.79 Å². The van der Waals surface area contributed by atoms with E-state index in [0.717, 1.165) is 30.4 Å². The Labute approximate surface area is 165 Å².